The number of hydrogen-bond donors (Lipinski definition) is 2. The van der Waals surface area contributed by atoms with E-state index in [4.69, 9.17) is 4.99 Å². The van der Waals surface area contributed by atoms with E-state index < -0.39 is 0 Å². The predicted molar refractivity (Wildman–Crippen MR) is 83.9 cm³/mol. The maximum absolute atomic E-state index is 12.5. The largest absolute Gasteiger partial charge is 0.365 e. The zero-order valence-electron chi connectivity index (χ0n) is 12.7. The van der Waals surface area contributed by atoms with Crippen LogP contribution >= 0.6 is 0 Å². The van der Waals surface area contributed by atoms with Crippen LogP contribution in [-0.2, 0) is 0 Å². The summed E-state index contributed by atoms with van der Waals surface area (Å²) in [6.45, 7) is 2.84. The molecular formula is C16H19N5O. The number of carbonyl (C=O) groups excluding carboxylic acids is 1. The number of amidine groups is 1. The minimum absolute atomic E-state index is 0.0172. The van der Waals surface area contributed by atoms with E-state index >= 15 is 0 Å². The van der Waals surface area contributed by atoms with Gasteiger partial charge in [0.05, 0.1) is 0 Å². The topological polar surface area (TPSA) is 60.0 Å². The number of hydrogen-bond acceptors (Lipinski definition) is 4. The molecule has 0 bridgehead atoms. The number of likely N-dealkylation sites (N-methyl/N-ethyl adjacent to an activating group) is 1. The van der Waals surface area contributed by atoms with Gasteiger partial charge in [-0.2, -0.15) is 0 Å². The molecule has 2 amide bonds. The number of rotatable bonds is 2. The summed E-state index contributed by atoms with van der Waals surface area (Å²) < 4.78 is 0. The smallest absolute Gasteiger partial charge is 0.331 e. The maximum atomic E-state index is 12.5. The van der Waals surface area contributed by atoms with Gasteiger partial charge in [-0.1, -0.05) is 37.3 Å². The van der Waals surface area contributed by atoms with Gasteiger partial charge in [-0.15, -0.1) is 0 Å². The Labute approximate surface area is 129 Å². The van der Waals surface area contributed by atoms with Crippen LogP contribution in [0.5, 0.6) is 0 Å². The van der Waals surface area contributed by atoms with E-state index in [1.165, 1.54) is 0 Å². The lowest BCUT2D eigenvalue weighted by atomic mass is 10.2. The van der Waals surface area contributed by atoms with Gasteiger partial charge in [-0.3, -0.25) is 9.80 Å². The number of urea groups is 1. The first kappa shape index (κ1) is 13.2. The second-order valence-electron chi connectivity index (χ2n) is 5.84. The molecule has 1 aromatic rings. The third-order valence-corrected chi connectivity index (χ3v) is 4.45. The highest BCUT2D eigenvalue weighted by atomic mass is 16.2. The van der Waals surface area contributed by atoms with E-state index in [9.17, 15) is 4.79 Å². The molecule has 0 aromatic heterocycles. The monoisotopic (exact) mass is 297 g/mol. The minimum atomic E-state index is -0.142. The molecule has 3 heterocycles. The molecule has 3 aliphatic rings. The number of amides is 2. The van der Waals surface area contributed by atoms with Gasteiger partial charge in [0.25, 0.3) is 0 Å². The van der Waals surface area contributed by atoms with Crippen LogP contribution in [0.3, 0.4) is 0 Å². The highest BCUT2D eigenvalue weighted by Crippen LogP contribution is 2.31. The second-order valence-corrected chi connectivity index (χ2v) is 5.84. The van der Waals surface area contributed by atoms with Gasteiger partial charge in [0.2, 0.25) is 0 Å². The van der Waals surface area contributed by atoms with Gasteiger partial charge in [0.15, 0.2) is 5.84 Å². The van der Waals surface area contributed by atoms with Crippen molar-refractivity contribution in [2.75, 3.05) is 13.6 Å². The molecule has 3 aliphatic heterocycles. The molecule has 0 radical (unpaired) electrons. The Bertz CT molecular complexity index is 681. The SMILES string of the molecule is CCC1CN2C(=O)N(C)C3=NC(c4ccccc4)NC3=C2N1. The zero-order valence-corrected chi connectivity index (χ0v) is 12.7. The Balaban J connectivity index is 1.75. The Morgan fingerprint density at radius 2 is 2.05 bits per heavy atom. The van der Waals surface area contributed by atoms with Crippen molar-refractivity contribution in [3.63, 3.8) is 0 Å². The number of nitrogens with one attached hydrogen (secondary N) is 2. The van der Waals surface area contributed by atoms with Crippen LogP contribution in [0.15, 0.2) is 46.8 Å². The van der Waals surface area contributed by atoms with E-state index in [1.807, 2.05) is 35.2 Å². The van der Waals surface area contributed by atoms with Gasteiger partial charge in [-0.05, 0) is 12.0 Å². The second kappa shape index (κ2) is 4.76. The lowest BCUT2D eigenvalue weighted by Gasteiger charge is -2.31. The van der Waals surface area contributed by atoms with E-state index in [-0.39, 0.29) is 12.2 Å². The number of benzene rings is 1. The molecule has 4 rings (SSSR count). The molecule has 0 spiro atoms. The molecule has 2 N–H and O–H groups in total. The summed E-state index contributed by atoms with van der Waals surface area (Å²) in [6, 6.07) is 10.4. The van der Waals surface area contributed by atoms with Gasteiger partial charge >= 0.3 is 6.03 Å². The van der Waals surface area contributed by atoms with Crippen molar-refractivity contribution in [2.45, 2.75) is 25.6 Å². The minimum Gasteiger partial charge on any atom is -0.365 e. The summed E-state index contributed by atoms with van der Waals surface area (Å²) in [7, 11) is 1.78. The van der Waals surface area contributed by atoms with Crippen molar-refractivity contribution in [2.24, 2.45) is 4.99 Å². The molecule has 6 nitrogen and oxygen atoms in total. The Morgan fingerprint density at radius 1 is 1.27 bits per heavy atom. The molecule has 22 heavy (non-hydrogen) atoms. The summed E-state index contributed by atoms with van der Waals surface area (Å²) in [5.74, 6) is 1.58. The third kappa shape index (κ3) is 1.80. The first-order valence-corrected chi connectivity index (χ1v) is 7.64. The van der Waals surface area contributed by atoms with Crippen molar-refractivity contribution in [1.82, 2.24) is 20.4 Å². The summed E-state index contributed by atoms with van der Waals surface area (Å²) in [4.78, 5) is 20.7. The maximum Gasteiger partial charge on any atom is 0.331 e. The molecule has 0 saturated carbocycles. The molecule has 114 valence electrons. The molecule has 1 saturated heterocycles. The third-order valence-electron chi connectivity index (χ3n) is 4.45. The van der Waals surface area contributed by atoms with Gasteiger partial charge < -0.3 is 10.6 Å². The standard InChI is InChI=1S/C16H19N5O/c1-3-11-9-21-15(17-11)12-14(20(2)16(21)22)19-13(18-12)10-7-5-4-6-8-10/h4-8,11,13,17-18H,3,9H2,1-2H3. The fraction of sp³-hybridized carbons (Fsp3) is 0.375. The lowest BCUT2D eigenvalue weighted by Crippen LogP contribution is -2.49. The quantitative estimate of drug-likeness (QED) is 0.872. The van der Waals surface area contributed by atoms with Crippen LogP contribution in [0.1, 0.15) is 25.1 Å². The fourth-order valence-corrected chi connectivity index (χ4v) is 3.15. The summed E-state index contributed by atoms with van der Waals surface area (Å²) >= 11 is 0. The molecule has 1 fully saturated rings. The average molecular weight is 297 g/mol. The molecule has 2 unspecified atom stereocenters. The van der Waals surface area contributed by atoms with Crippen molar-refractivity contribution in [1.29, 1.82) is 0 Å². The number of aliphatic imine (C=N–C) groups is 1. The normalized spacial score (nSPS) is 26.5. The van der Waals surface area contributed by atoms with Crippen molar-refractivity contribution >= 4 is 11.9 Å². The Hall–Kier alpha value is -2.50. The Kier molecular flexibility index (Phi) is 2.85. The van der Waals surface area contributed by atoms with Crippen LogP contribution in [0, 0.1) is 0 Å². The van der Waals surface area contributed by atoms with Crippen LogP contribution in [0.25, 0.3) is 0 Å². The van der Waals surface area contributed by atoms with Crippen LogP contribution < -0.4 is 10.6 Å². The lowest BCUT2D eigenvalue weighted by molar-refractivity contribution is 0.196. The molecule has 0 aliphatic carbocycles. The van der Waals surface area contributed by atoms with Crippen molar-refractivity contribution < 1.29 is 4.79 Å². The van der Waals surface area contributed by atoms with Crippen molar-refractivity contribution in [3.8, 4) is 0 Å². The number of fused-ring (bicyclic) bond motifs is 2. The summed E-state index contributed by atoms with van der Waals surface area (Å²) in [6.07, 6.45) is 0.843. The first-order chi connectivity index (χ1) is 10.7. The van der Waals surface area contributed by atoms with Gasteiger partial charge in [0.1, 0.15) is 17.7 Å². The first-order valence-electron chi connectivity index (χ1n) is 7.64. The van der Waals surface area contributed by atoms with Crippen LogP contribution in [-0.4, -0.2) is 41.3 Å². The average Bonchev–Trinajstić information content (AvgIpc) is 3.17. The van der Waals surface area contributed by atoms with E-state index in [0.717, 1.165) is 23.5 Å². The van der Waals surface area contributed by atoms with Gasteiger partial charge in [0, 0.05) is 19.6 Å². The molecule has 2 atom stereocenters. The highest BCUT2D eigenvalue weighted by molar-refractivity contribution is 6.11. The van der Waals surface area contributed by atoms with E-state index in [2.05, 4.69) is 17.6 Å². The van der Waals surface area contributed by atoms with Crippen molar-refractivity contribution in [3.05, 3.63) is 47.4 Å². The number of nitrogens with zero attached hydrogens (tertiary/aromatic N) is 3. The summed E-state index contributed by atoms with van der Waals surface area (Å²) in [5, 5.41) is 6.91. The van der Waals surface area contributed by atoms with E-state index in [0.29, 0.717) is 18.4 Å². The Morgan fingerprint density at radius 3 is 2.77 bits per heavy atom. The molecule has 6 heteroatoms. The fourth-order valence-electron chi connectivity index (χ4n) is 3.15. The van der Waals surface area contributed by atoms with Crippen LogP contribution in [0.2, 0.25) is 0 Å². The predicted octanol–water partition coefficient (Wildman–Crippen LogP) is 1.61. The summed E-state index contributed by atoms with van der Waals surface area (Å²) in [5.41, 5.74) is 2.02. The van der Waals surface area contributed by atoms with E-state index in [1.54, 1.807) is 11.9 Å². The molecule has 1 aromatic carbocycles. The molecular weight excluding hydrogens is 278 g/mol. The zero-order chi connectivity index (χ0) is 15.3. The van der Waals surface area contributed by atoms with Gasteiger partial charge in [-0.25, -0.2) is 9.79 Å². The highest BCUT2D eigenvalue weighted by Gasteiger charge is 2.43. The number of carbonyl (C=O) groups is 1. The van der Waals surface area contributed by atoms with Crippen LogP contribution in [0.4, 0.5) is 4.79 Å².